The zero-order chi connectivity index (χ0) is 27.2. The average Bonchev–Trinajstić information content (AvgIpc) is 3.40. The number of hydrogen-bond donors (Lipinski definition) is 0. The molecule has 6 heteroatoms. The summed E-state index contributed by atoms with van der Waals surface area (Å²) in [5.74, 6) is 1.51. The molecule has 5 rings (SSSR count). The van der Waals surface area contributed by atoms with Crippen molar-refractivity contribution >= 4 is 6.08 Å². The van der Waals surface area contributed by atoms with Gasteiger partial charge in [-0.25, -0.2) is 0 Å². The van der Waals surface area contributed by atoms with Gasteiger partial charge in [0.1, 0.15) is 0 Å². The van der Waals surface area contributed by atoms with Crippen LogP contribution in [0.2, 0.25) is 0 Å². The SMILES string of the molecule is Cc1cccc(C)c1-n1nnnc1[C@H](c1ccc(CC(C)C)cc1)N1CCN(CC=Cc2ccccc2)CC1. The van der Waals surface area contributed by atoms with Crippen molar-refractivity contribution in [2.24, 2.45) is 5.92 Å². The predicted octanol–water partition coefficient (Wildman–Crippen LogP) is 5.90. The summed E-state index contributed by atoms with van der Waals surface area (Å²) in [5.41, 5.74) is 7.27. The molecule has 0 saturated carbocycles. The van der Waals surface area contributed by atoms with E-state index in [-0.39, 0.29) is 6.04 Å². The van der Waals surface area contributed by atoms with Gasteiger partial charge >= 0.3 is 0 Å². The van der Waals surface area contributed by atoms with Crippen LogP contribution in [-0.2, 0) is 6.42 Å². The summed E-state index contributed by atoms with van der Waals surface area (Å²) in [7, 11) is 0. The summed E-state index contributed by atoms with van der Waals surface area (Å²) in [6.07, 6.45) is 5.57. The van der Waals surface area contributed by atoms with E-state index in [0.717, 1.165) is 50.7 Å². The maximum Gasteiger partial charge on any atom is 0.178 e. The molecule has 0 bridgehead atoms. The molecule has 0 radical (unpaired) electrons. The number of aryl methyl sites for hydroxylation is 2. The fraction of sp³-hybridized carbons (Fsp3) is 0.364. The Morgan fingerprint density at radius 1 is 0.821 bits per heavy atom. The molecule has 39 heavy (non-hydrogen) atoms. The van der Waals surface area contributed by atoms with Crippen LogP contribution >= 0.6 is 0 Å². The number of tetrazole rings is 1. The Balaban J connectivity index is 1.40. The average molecular weight is 521 g/mol. The Morgan fingerprint density at radius 3 is 2.18 bits per heavy atom. The lowest BCUT2D eigenvalue weighted by atomic mass is 9.97. The smallest absolute Gasteiger partial charge is 0.178 e. The summed E-state index contributed by atoms with van der Waals surface area (Å²) in [4.78, 5) is 5.07. The Kier molecular flexibility index (Phi) is 8.64. The molecule has 1 fully saturated rings. The second-order valence-corrected chi connectivity index (χ2v) is 11.1. The van der Waals surface area contributed by atoms with Gasteiger partial charge in [0, 0.05) is 32.7 Å². The summed E-state index contributed by atoms with van der Waals surface area (Å²) < 4.78 is 1.96. The number of aromatic nitrogens is 4. The number of nitrogens with zero attached hydrogens (tertiary/aromatic N) is 6. The minimum Gasteiger partial charge on any atom is -0.297 e. The maximum atomic E-state index is 4.64. The van der Waals surface area contributed by atoms with Crippen molar-refractivity contribution in [3.8, 4) is 5.69 Å². The number of piperazine rings is 1. The molecule has 1 saturated heterocycles. The van der Waals surface area contributed by atoms with E-state index in [1.807, 2.05) is 4.68 Å². The van der Waals surface area contributed by atoms with Crippen molar-refractivity contribution in [2.45, 2.75) is 40.2 Å². The van der Waals surface area contributed by atoms with E-state index in [1.54, 1.807) is 0 Å². The molecule has 1 atom stereocenters. The molecule has 0 N–H and O–H groups in total. The number of benzene rings is 3. The van der Waals surface area contributed by atoms with Crippen molar-refractivity contribution < 1.29 is 0 Å². The van der Waals surface area contributed by atoms with Gasteiger partial charge in [-0.15, -0.1) is 5.10 Å². The highest BCUT2D eigenvalue weighted by atomic mass is 15.6. The first-order valence-electron chi connectivity index (χ1n) is 14.1. The van der Waals surface area contributed by atoms with Gasteiger partial charge in [0.15, 0.2) is 5.82 Å². The van der Waals surface area contributed by atoms with Crippen LogP contribution in [0.15, 0.2) is 78.9 Å². The maximum absolute atomic E-state index is 4.64. The summed E-state index contributed by atoms with van der Waals surface area (Å²) >= 11 is 0. The molecule has 0 amide bonds. The molecule has 2 heterocycles. The third-order valence-corrected chi connectivity index (χ3v) is 7.57. The Labute approximate surface area is 233 Å². The normalized spacial score (nSPS) is 15.8. The van der Waals surface area contributed by atoms with Crippen molar-refractivity contribution in [1.82, 2.24) is 30.0 Å². The zero-order valence-electron chi connectivity index (χ0n) is 23.7. The standard InChI is InChI=1S/C33H40N6/c1-25(2)24-29-15-17-30(18-16-29)32(33-34-35-36-39(33)31-26(3)10-8-11-27(31)4)38-22-20-37(21-23-38)19-9-14-28-12-6-5-7-13-28/h5-18,25,32H,19-24H2,1-4H3/t32-/m0/s1. The van der Waals surface area contributed by atoms with Gasteiger partial charge < -0.3 is 0 Å². The molecular weight excluding hydrogens is 480 g/mol. The van der Waals surface area contributed by atoms with E-state index in [4.69, 9.17) is 0 Å². The van der Waals surface area contributed by atoms with Crippen LogP contribution in [0.25, 0.3) is 11.8 Å². The predicted molar refractivity (Wildman–Crippen MR) is 159 cm³/mol. The van der Waals surface area contributed by atoms with Gasteiger partial charge in [0.2, 0.25) is 0 Å². The molecule has 202 valence electrons. The van der Waals surface area contributed by atoms with Gasteiger partial charge in [-0.3, -0.25) is 9.80 Å². The van der Waals surface area contributed by atoms with Crippen LogP contribution in [-0.4, -0.2) is 62.7 Å². The Morgan fingerprint density at radius 2 is 1.51 bits per heavy atom. The van der Waals surface area contributed by atoms with Crippen molar-refractivity contribution in [1.29, 1.82) is 0 Å². The topological polar surface area (TPSA) is 50.1 Å². The quantitative estimate of drug-likeness (QED) is 0.275. The molecule has 0 spiro atoms. The Hall–Kier alpha value is -3.61. The lowest BCUT2D eigenvalue weighted by Crippen LogP contribution is -2.48. The van der Waals surface area contributed by atoms with Crippen LogP contribution in [0.4, 0.5) is 0 Å². The van der Waals surface area contributed by atoms with Crippen LogP contribution in [0.1, 0.15) is 53.5 Å². The Bertz CT molecular complexity index is 1340. The van der Waals surface area contributed by atoms with Gasteiger partial charge in [0.25, 0.3) is 0 Å². The number of hydrogen-bond acceptors (Lipinski definition) is 5. The first-order chi connectivity index (χ1) is 19.0. The molecular formula is C33H40N6. The molecule has 0 aliphatic carbocycles. The molecule has 1 aromatic heterocycles. The van der Waals surface area contributed by atoms with E-state index in [1.165, 1.54) is 27.8 Å². The highest BCUT2D eigenvalue weighted by Gasteiger charge is 2.31. The molecule has 3 aromatic carbocycles. The second kappa shape index (κ2) is 12.5. The second-order valence-electron chi connectivity index (χ2n) is 11.1. The fourth-order valence-corrected chi connectivity index (χ4v) is 5.60. The third-order valence-electron chi connectivity index (χ3n) is 7.57. The van der Waals surface area contributed by atoms with E-state index in [0.29, 0.717) is 5.92 Å². The lowest BCUT2D eigenvalue weighted by Gasteiger charge is -2.38. The van der Waals surface area contributed by atoms with Crippen molar-refractivity contribution in [2.75, 3.05) is 32.7 Å². The first kappa shape index (κ1) is 27.0. The molecule has 4 aromatic rings. The third kappa shape index (κ3) is 6.52. The minimum absolute atomic E-state index is 0.0193. The molecule has 0 unspecified atom stereocenters. The van der Waals surface area contributed by atoms with E-state index >= 15 is 0 Å². The molecule has 1 aliphatic rings. The van der Waals surface area contributed by atoms with E-state index in [2.05, 4.69) is 138 Å². The van der Waals surface area contributed by atoms with Crippen LogP contribution in [0.3, 0.4) is 0 Å². The fourth-order valence-electron chi connectivity index (χ4n) is 5.60. The van der Waals surface area contributed by atoms with Crippen molar-refractivity contribution in [3.05, 3.63) is 113 Å². The van der Waals surface area contributed by atoms with E-state index in [9.17, 15) is 0 Å². The van der Waals surface area contributed by atoms with Crippen molar-refractivity contribution in [3.63, 3.8) is 0 Å². The monoisotopic (exact) mass is 520 g/mol. The van der Waals surface area contributed by atoms with Gasteiger partial charge in [-0.1, -0.05) is 98.8 Å². The zero-order valence-corrected chi connectivity index (χ0v) is 23.7. The highest BCUT2D eigenvalue weighted by molar-refractivity contribution is 5.49. The van der Waals surface area contributed by atoms with Crippen LogP contribution in [0, 0.1) is 19.8 Å². The molecule has 6 nitrogen and oxygen atoms in total. The lowest BCUT2D eigenvalue weighted by molar-refractivity contribution is 0.113. The minimum atomic E-state index is -0.0193. The largest absolute Gasteiger partial charge is 0.297 e. The molecule has 1 aliphatic heterocycles. The van der Waals surface area contributed by atoms with Gasteiger partial charge in [-0.2, -0.15) is 4.68 Å². The number of rotatable bonds is 9. The van der Waals surface area contributed by atoms with Gasteiger partial charge in [-0.05, 0) is 64.4 Å². The summed E-state index contributed by atoms with van der Waals surface area (Å²) in [6.45, 7) is 13.7. The van der Waals surface area contributed by atoms with E-state index < -0.39 is 0 Å². The van der Waals surface area contributed by atoms with Gasteiger partial charge in [0.05, 0.1) is 11.7 Å². The first-order valence-corrected chi connectivity index (χ1v) is 14.1. The van der Waals surface area contributed by atoms with Crippen LogP contribution in [0.5, 0.6) is 0 Å². The number of para-hydroxylation sites is 1. The summed E-state index contributed by atoms with van der Waals surface area (Å²) in [6, 6.07) is 26.0. The highest BCUT2D eigenvalue weighted by Crippen LogP contribution is 2.31. The van der Waals surface area contributed by atoms with Crippen LogP contribution < -0.4 is 0 Å². The summed E-state index contributed by atoms with van der Waals surface area (Å²) in [5, 5.41) is 13.3.